The second-order valence-electron chi connectivity index (χ2n) is 7.61. The quantitative estimate of drug-likeness (QED) is 0.535. The summed E-state index contributed by atoms with van der Waals surface area (Å²) in [6.45, 7) is 2.90. The molecule has 7 nitrogen and oxygen atoms in total. The van der Waals surface area contributed by atoms with Crippen LogP contribution in [0.5, 0.6) is 5.75 Å². The number of benzene rings is 1. The van der Waals surface area contributed by atoms with Gasteiger partial charge in [-0.3, -0.25) is 14.3 Å². The van der Waals surface area contributed by atoms with Crippen molar-refractivity contribution in [3.05, 3.63) is 69.0 Å². The van der Waals surface area contributed by atoms with Gasteiger partial charge in [0.25, 0.3) is 5.56 Å². The number of methoxy groups -OCH3 is 1. The Kier molecular flexibility index (Phi) is 4.88. The van der Waals surface area contributed by atoms with Crippen LogP contribution in [-0.4, -0.2) is 46.2 Å². The first kappa shape index (κ1) is 19.0. The van der Waals surface area contributed by atoms with Gasteiger partial charge in [0, 0.05) is 25.8 Å². The van der Waals surface area contributed by atoms with Crippen molar-refractivity contribution in [3.8, 4) is 5.75 Å². The smallest absolute Gasteiger partial charge is 0.328 e. The second-order valence-corrected chi connectivity index (χ2v) is 8.66. The lowest BCUT2D eigenvalue weighted by atomic mass is 9.98. The number of hydrogen-bond acceptors (Lipinski definition) is 6. The van der Waals surface area contributed by atoms with Crippen LogP contribution in [0.1, 0.15) is 17.9 Å². The summed E-state index contributed by atoms with van der Waals surface area (Å²) in [5, 5.41) is 0. The number of ether oxygens (including phenoxy) is 1. The molecule has 1 atom stereocenters. The summed E-state index contributed by atoms with van der Waals surface area (Å²) >= 11 is 1.38. The minimum Gasteiger partial charge on any atom is -0.497 e. The van der Waals surface area contributed by atoms with Gasteiger partial charge in [0.1, 0.15) is 16.0 Å². The molecule has 1 N–H and O–H groups in total. The number of fused-ring (bicyclic) bond motifs is 3. The summed E-state index contributed by atoms with van der Waals surface area (Å²) in [6, 6.07) is 11.9. The number of aromatic nitrogens is 3. The molecule has 0 bridgehead atoms. The van der Waals surface area contributed by atoms with Crippen molar-refractivity contribution < 1.29 is 4.74 Å². The van der Waals surface area contributed by atoms with Crippen molar-refractivity contribution in [1.82, 2.24) is 19.4 Å². The van der Waals surface area contributed by atoms with E-state index in [4.69, 9.17) is 4.74 Å². The van der Waals surface area contributed by atoms with Gasteiger partial charge in [-0.25, -0.2) is 4.79 Å². The minimum absolute atomic E-state index is 0.236. The molecule has 1 aromatic carbocycles. The highest BCUT2D eigenvalue weighted by Gasteiger charge is 2.24. The number of aromatic amines is 1. The maximum Gasteiger partial charge on any atom is 0.328 e. The molecule has 30 heavy (non-hydrogen) atoms. The normalized spacial score (nSPS) is 17.2. The average Bonchev–Trinajstić information content (AvgIpc) is 3.39. The summed E-state index contributed by atoms with van der Waals surface area (Å²) in [7, 11) is 1.68. The topological polar surface area (TPSA) is 80.2 Å². The molecular formula is C22H22N4O3S. The van der Waals surface area contributed by atoms with Gasteiger partial charge in [0.05, 0.1) is 17.3 Å². The lowest BCUT2D eigenvalue weighted by Gasteiger charge is -2.17. The third-order valence-electron chi connectivity index (χ3n) is 5.84. The predicted octanol–water partition coefficient (Wildman–Crippen LogP) is 2.80. The highest BCUT2D eigenvalue weighted by Crippen LogP contribution is 2.29. The van der Waals surface area contributed by atoms with E-state index in [0.717, 1.165) is 30.0 Å². The van der Waals surface area contributed by atoms with E-state index in [1.54, 1.807) is 13.3 Å². The molecule has 0 saturated carbocycles. The number of rotatable bonds is 5. The molecule has 3 aromatic heterocycles. The van der Waals surface area contributed by atoms with E-state index in [-0.39, 0.29) is 11.2 Å². The molecule has 0 unspecified atom stereocenters. The first-order valence-electron chi connectivity index (χ1n) is 10.0. The summed E-state index contributed by atoms with van der Waals surface area (Å²) in [4.78, 5) is 35.1. The first-order chi connectivity index (χ1) is 14.6. The predicted molar refractivity (Wildman–Crippen MR) is 119 cm³/mol. The first-order valence-corrected chi connectivity index (χ1v) is 10.8. The Hall–Kier alpha value is -2.97. The minimum atomic E-state index is -0.374. The Bertz CT molecular complexity index is 1340. The number of nitrogens with zero attached hydrogens (tertiary/aromatic N) is 3. The SMILES string of the molecule is COc1cccc([C@@H]2CCN(CCn3c(=O)[nH]c4c(sc5cccnc54)c3=O)C2)c1. The van der Waals surface area contributed by atoms with Crippen LogP contribution in [0, 0.1) is 0 Å². The van der Waals surface area contributed by atoms with E-state index in [1.807, 2.05) is 24.3 Å². The molecule has 0 aliphatic carbocycles. The highest BCUT2D eigenvalue weighted by molar-refractivity contribution is 7.25. The van der Waals surface area contributed by atoms with Crippen LogP contribution in [0.2, 0.25) is 0 Å². The van der Waals surface area contributed by atoms with Gasteiger partial charge in [0.2, 0.25) is 0 Å². The molecule has 1 saturated heterocycles. The molecule has 1 fully saturated rings. The van der Waals surface area contributed by atoms with Crippen LogP contribution in [0.15, 0.2) is 52.2 Å². The molecule has 8 heteroatoms. The zero-order valence-corrected chi connectivity index (χ0v) is 17.4. The molecule has 5 rings (SSSR count). The van der Waals surface area contributed by atoms with Gasteiger partial charge in [-0.05, 0) is 48.7 Å². The van der Waals surface area contributed by atoms with Crippen LogP contribution in [0.4, 0.5) is 0 Å². The molecular weight excluding hydrogens is 400 g/mol. The Morgan fingerprint density at radius 2 is 2.13 bits per heavy atom. The lowest BCUT2D eigenvalue weighted by Crippen LogP contribution is -2.38. The van der Waals surface area contributed by atoms with Gasteiger partial charge in [-0.2, -0.15) is 0 Å². The van der Waals surface area contributed by atoms with Gasteiger partial charge in [-0.1, -0.05) is 12.1 Å². The lowest BCUT2D eigenvalue weighted by molar-refractivity contribution is 0.314. The second kappa shape index (κ2) is 7.70. The van der Waals surface area contributed by atoms with Gasteiger partial charge in [-0.15, -0.1) is 11.3 Å². The fraction of sp³-hybridized carbons (Fsp3) is 0.318. The summed E-state index contributed by atoms with van der Waals surface area (Å²) in [6.07, 6.45) is 2.73. The fourth-order valence-corrected chi connectivity index (χ4v) is 5.30. The molecule has 0 radical (unpaired) electrons. The Morgan fingerprint density at radius 1 is 1.23 bits per heavy atom. The zero-order chi connectivity index (χ0) is 20.7. The van der Waals surface area contributed by atoms with Crippen LogP contribution >= 0.6 is 11.3 Å². The number of hydrogen-bond donors (Lipinski definition) is 1. The van der Waals surface area contributed by atoms with E-state index < -0.39 is 0 Å². The third kappa shape index (κ3) is 3.32. The van der Waals surface area contributed by atoms with Gasteiger partial charge < -0.3 is 14.6 Å². The fourth-order valence-electron chi connectivity index (χ4n) is 4.23. The standard InChI is InChI=1S/C22H22N4O3S/c1-29-16-5-2-4-14(12-16)15-7-9-25(13-15)10-11-26-21(27)20-19(24-22(26)28)18-17(30-20)6-3-8-23-18/h2-6,8,12,15H,7,9-11,13H2,1H3,(H,24,28)/t15-/m1/s1. The summed E-state index contributed by atoms with van der Waals surface area (Å²) in [5.41, 5.74) is 1.88. The molecule has 0 spiro atoms. The molecule has 154 valence electrons. The third-order valence-corrected chi connectivity index (χ3v) is 6.97. The highest BCUT2D eigenvalue weighted by atomic mass is 32.1. The average molecular weight is 423 g/mol. The van der Waals surface area contributed by atoms with Crippen molar-refractivity contribution in [3.63, 3.8) is 0 Å². The largest absolute Gasteiger partial charge is 0.497 e. The molecule has 0 amide bonds. The Labute approximate surface area is 176 Å². The summed E-state index contributed by atoms with van der Waals surface area (Å²) < 4.78 is 8.11. The Morgan fingerprint density at radius 3 is 3.00 bits per heavy atom. The van der Waals surface area contributed by atoms with Crippen LogP contribution in [0.25, 0.3) is 20.4 Å². The molecule has 1 aliphatic rings. The maximum absolute atomic E-state index is 13.0. The van der Waals surface area contributed by atoms with Crippen LogP contribution in [-0.2, 0) is 6.54 Å². The van der Waals surface area contributed by atoms with E-state index in [1.165, 1.54) is 21.5 Å². The number of thiophene rings is 1. The monoisotopic (exact) mass is 422 g/mol. The summed E-state index contributed by atoms with van der Waals surface area (Å²) in [5.74, 6) is 1.31. The van der Waals surface area contributed by atoms with Gasteiger partial charge in [0.15, 0.2) is 0 Å². The van der Waals surface area contributed by atoms with Crippen molar-refractivity contribution in [2.45, 2.75) is 18.9 Å². The van der Waals surface area contributed by atoms with Crippen LogP contribution < -0.4 is 16.0 Å². The van der Waals surface area contributed by atoms with Crippen molar-refractivity contribution in [1.29, 1.82) is 0 Å². The van der Waals surface area contributed by atoms with Crippen molar-refractivity contribution in [2.24, 2.45) is 0 Å². The molecule has 4 heterocycles. The van der Waals surface area contributed by atoms with E-state index in [0.29, 0.717) is 34.7 Å². The number of nitrogens with one attached hydrogen (secondary N) is 1. The van der Waals surface area contributed by atoms with E-state index >= 15 is 0 Å². The number of H-pyrrole nitrogens is 1. The molecule has 4 aromatic rings. The van der Waals surface area contributed by atoms with Crippen molar-refractivity contribution in [2.75, 3.05) is 26.7 Å². The number of likely N-dealkylation sites (tertiary alicyclic amines) is 1. The van der Waals surface area contributed by atoms with E-state index in [9.17, 15) is 9.59 Å². The van der Waals surface area contributed by atoms with Gasteiger partial charge >= 0.3 is 5.69 Å². The van der Waals surface area contributed by atoms with E-state index in [2.05, 4.69) is 27.0 Å². The van der Waals surface area contributed by atoms with Crippen LogP contribution in [0.3, 0.4) is 0 Å². The Balaban J connectivity index is 1.35. The maximum atomic E-state index is 13.0. The number of pyridine rings is 1. The molecule has 1 aliphatic heterocycles. The van der Waals surface area contributed by atoms with Crippen molar-refractivity contribution >= 4 is 31.8 Å². The zero-order valence-electron chi connectivity index (χ0n) is 16.6.